The molecule has 0 aliphatic rings. The molecule has 0 saturated carbocycles. The van der Waals surface area contributed by atoms with Gasteiger partial charge < -0.3 is 14.4 Å². The monoisotopic (exact) mass is 378 g/mol. The third kappa shape index (κ3) is 3.91. The number of carbonyl (C=O) groups is 1. The minimum absolute atomic E-state index is 0.135. The predicted molar refractivity (Wildman–Crippen MR) is 103 cm³/mol. The Morgan fingerprint density at radius 2 is 1.81 bits per heavy atom. The van der Waals surface area contributed by atoms with Crippen molar-refractivity contribution in [2.45, 2.75) is 6.54 Å². The summed E-state index contributed by atoms with van der Waals surface area (Å²) in [5.41, 5.74) is 2.22. The molecule has 0 unspecified atom stereocenters. The first kappa shape index (κ1) is 17.1. The minimum atomic E-state index is -0.143. The molecule has 0 spiro atoms. The number of nitrogens with one attached hydrogen (secondary N) is 1. The van der Waals surface area contributed by atoms with E-state index in [9.17, 15) is 4.79 Å². The van der Waals surface area contributed by atoms with E-state index in [4.69, 9.17) is 16.1 Å². The van der Waals surface area contributed by atoms with Crippen molar-refractivity contribution in [2.24, 2.45) is 0 Å². The van der Waals surface area contributed by atoms with Crippen molar-refractivity contribution < 1.29 is 9.32 Å². The quantitative estimate of drug-likeness (QED) is 0.555. The van der Waals surface area contributed by atoms with Crippen molar-refractivity contribution >= 4 is 23.2 Å². The van der Waals surface area contributed by atoms with Crippen LogP contribution in [0.15, 0.2) is 77.4 Å². The lowest BCUT2D eigenvalue weighted by atomic mass is 10.2. The first-order valence-electron chi connectivity index (χ1n) is 8.29. The van der Waals surface area contributed by atoms with E-state index < -0.39 is 0 Å². The Morgan fingerprint density at radius 3 is 2.59 bits per heavy atom. The Balaban J connectivity index is 1.52. The molecular formula is C20H15ClN4O2. The Morgan fingerprint density at radius 1 is 1.04 bits per heavy atom. The number of carbonyl (C=O) groups excluding carboxylic acids is 1. The molecule has 2 aromatic carbocycles. The fourth-order valence-electron chi connectivity index (χ4n) is 2.67. The second-order valence-corrected chi connectivity index (χ2v) is 6.30. The molecule has 7 heteroatoms. The van der Waals surface area contributed by atoms with E-state index >= 15 is 0 Å². The second-order valence-electron chi connectivity index (χ2n) is 5.87. The summed E-state index contributed by atoms with van der Waals surface area (Å²) < 4.78 is 7.15. The van der Waals surface area contributed by atoms with Crippen LogP contribution in [0.1, 0.15) is 0 Å². The van der Waals surface area contributed by atoms with Crippen LogP contribution in [0.4, 0.5) is 5.69 Å². The lowest BCUT2D eigenvalue weighted by Crippen LogP contribution is -2.18. The summed E-state index contributed by atoms with van der Waals surface area (Å²) in [6.45, 7) is 0.135. The molecule has 134 valence electrons. The Bertz CT molecular complexity index is 1060. The topological polar surface area (TPSA) is 73.0 Å². The van der Waals surface area contributed by atoms with Gasteiger partial charge in [-0.25, -0.2) is 0 Å². The van der Waals surface area contributed by atoms with E-state index in [0.29, 0.717) is 22.4 Å². The average molecular weight is 379 g/mol. The van der Waals surface area contributed by atoms with Gasteiger partial charge in [0.25, 0.3) is 5.89 Å². The van der Waals surface area contributed by atoms with Crippen molar-refractivity contribution in [1.29, 1.82) is 0 Å². The predicted octanol–water partition coefficient (Wildman–Crippen LogP) is 4.50. The van der Waals surface area contributed by atoms with Crippen molar-refractivity contribution in [1.82, 2.24) is 14.7 Å². The van der Waals surface area contributed by atoms with Crippen LogP contribution in [0.3, 0.4) is 0 Å². The number of amides is 1. The van der Waals surface area contributed by atoms with E-state index in [2.05, 4.69) is 15.5 Å². The smallest absolute Gasteiger partial charge is 0.274 e. The number of anilines is 1. The number of benzene rings is 2. The molecule has 0 atom stereocenters. The van der Waals surface area contributed by atoms with Crippen molar-refractivity contribution in [3.63, 3.8) is 0 Å². The van der Waals surface area contributed by atoms with Gasteiger partial charge >= 0.3 is 0 Å². The molecule has 1 N–H and O–H groups in total. The lowest BCUT2D eigenvalue weighted by Gasteiger charge is -2.07. The maximum absolute atomic E-state index is 12.3. The summed E-state index contributed by atoms with van der Waals surface area (Å²) in [4.78, 5) is 16.7. The Labute approximate surface area is 160 Å². The standard InChI is InChI=1S/C20H15ClN4O2/c21-15-10-8-14(9-11-15)19-23-20(27-24-19)17-7-4-12-25(17)13-18(26)22-16-5-2-1-3-6-16/h1-12H,13H2,(H,22,26). The zero-order chi connectivity index (χ0) is 18.6. The molecule has 4 aromatic rings. The molecule has 6 nitrogen and oxygen atoms in total. The highest BCUT2D eigenvalue weighted by atomic mass is 35.5. The SMILES string of the molecule is O=C(Cn1cccc1-c1nc(-c2ccc(Cl)cc2)no1)Nc1ccccc1. The van der Waals surface area contributed by atoms with Gasteiger partial charge in [0.05, 0.1) is 0 Å². The molecule has 2 heterocycles. The summed E-state index contributed by atoms with van der Waals surface area (Å²) in [7, 11) is 0. The van der Waals surface area contributed by atoms with Gasteiger partial charge in [0.1, 0.15) is 12.2 Å². The van der Waals surface area contributed by atoms with Crippen molar-refractivity contribution in [2.75, 3.05) is 5.32 Å². The van der Waals surface area contributed by atoms with Gasteiger partial charge in [-0.3, -0.25) is 4.79 Å². The van der Waals surface area contributed by atoms with Crippen LogP contribution in [0.2, 0.25) is 5.02 Å². The third-order valence-corrected chi connectivity index (χ3v) is 4.20. The van der Waals surface area contributed by atoms with Crippen molar-refractivity contribution in [3.8, 4) is 23.0 Å². The van der Waals surface area contributed by atoms with E-state index in [1.807, 2.05) is 54.6 Å². The molecule has 1 amide bonds. The molecule has 0 aliphatic carbocycles. The van der Waals surface area contributed by atoms with Crippen LogP contribution < -0.4 is 5.32 Å². The molecule has 0 bridgehead atoms. The lowest BCUT2D eigenvalue weighted by molar-refractivity contribution is -0.116. The van der Waals surface area contributed by atoms with Gasteiger partial charge in [-0.1, -0.05) is 35.0 Å². The van der Waals surface area contributed by atoms with E-state index in [-0.39, 0.29) is 12.5 Å². The summed E-state index contributed by atoms with van der Waals surface area (Å²) in [5.74, 6) is 0.664. The van der Waals surface area contributed by atoms with Crippen LogP contribution in [0, 0.1) is 0 Å². The number of aromatic nitrogens is 3. The van der Waals surface area contributed by atoms with Gasteiger partial charge in [-0.05, 0) is 48.5 Å². The van der Waals surface area contributed by atoms with Crippen LogP contribution in [-0.4, -0.2) is 20.6 Å². The summed E-state index contributed by atoms with van der Waals surface area (Å²) in [6.07, 6.45) is 1.80. The largest absolute Gasteiger partial charge is 0.334 e. The maximum Gasteiger partial charge on any atom is 0.274 e. The molecule has 4 rings (SSSR count). The number of para-hydroxylation sites is 1. The van der Waals surface area contributed by atoms with Gasteiger partial charge in [-0.2, -0.15) is 4.98 Å². The van der Waals surface area contributed by atoms with Gasteiger partial charge in [0.2, 0.25) is 11.7 Å². The maximum atomic E-state index is 12.3. The highest BCUT2D eigenvalue weighted by Gasteiger charge is 2.15. The molecule has 0 radical (unpaired) electrons. The normalized spacial score (nSPS) is 10.7. The first-order valence-corrected chi connectivity index (χ1v) is 8.67. The van der Waals surface area contributed by atoms with E-state index in [1.54, 1.807) is 22.9 Å². The van der Waals surface area contributed by atoms with Crippen LogP contribution >= 0.6 is 11.6 Å². The zero-order valence-corrected chi connectivity index (χ0v) is 14.9. The highest BCUT2D eigenvalue weighted by Crippen LogP contribution is 2.24. The molecule has 27 heavy (non-hydrogen) atoms. The molecule has 2 aromatic heterocycles. The summed E-state index contributed by atoms with van der Waals surface area (Å²) >= 11 is 5.91. The van der Waals surface area contributed by atoms with Crippen LogP contribution in [-0.2, 0) is 11.3 Å². The number of nitrogens with zero attached hydrogens (tertiary/aromatic N) is 3. The number of rotatable bonds is 5. The van der Waals surface area contributed by atoms with Gasteiger partial charge in [-0.15, -0.1) is 0 Å². The zero-order valence-electron chi connectivity index (χ0n) is 14.2. The second kappa shape index (κ2) is 7.47. The summed E-state index contributed by atoms with van der Waals surface area (Å²) in [6, 6.07) is 20.1. The minimum Gasteiger partial charge on any atom is -0.334 e. The summed E-state index contributed by atoms with van der Waals surface area (Å²) in [5, 5.41) is 7.51. The van der Waals surface area contributed by atoms with E-state index in [1.165, 1.54) is 0 Å². The average Bonchev–Trinajstić information content (AvgIpc) is 3.32. The fraction of sp³-hybridized carbons (Fsp3) is 0.0500. The Kier molecular flexibility index (Phi) is 4.72. The number of halogens is 1. The van der Waals surface area contributed by atoms with Gasteiger partial charge in [0.15, 0.2) is 0 Å². The number of hydrogen-bond acceptors (Lipinski definition) is 4. The highest BCUT2D eigenvalue weighted by molar-refractivity contribution is 6.30. The van der Waals surface area contributed by atoms with Crippen molar-refractivity contribution in [3.05, 3.63) is 77.9 Å². The molecular weight excluding hydrogens is 364 g/mol. The molecule has 0 aliphatic heterocycles. The van der Waals surface area contributed by atoms with Crippen LogP contribution in [0.25, 0.3) is 23.0 Å². The fourth-order valence-corrected chi connectivity index (χ4v) is 2.79. The Hall–Kier alpha value is -3.38. The number of hydrogen-bond donors (Lipinski definition) is 1. The first-order chi connectivity index (χ1) is 13.2. The van der Waals surface area contributed by atoms with Gasteiger partial charge in [0, 0.05) is 22.5 Å². The third-order valence-electron chi connectivity index (χ3n) is 3.95. The van der Waals surface area contributed by atoms with Crippen LogP contribution in [0.5, 0.6) is 0 Å². The van der Waals surface area contributed by atoms with E-state index in [0.717, 1.165) is 11.3 Å². The molecule has 0 saturated heterocycles. The molecule has 0 fully saturated rings.